The summed E-state index contributed by atoms with van der Waals surface area (Å²) in [4.78, 5) is 28.9. The van der Waals surface area contributed by atoms with Crippen LogP contribution in [0.4, 0.5) is 0 Å². The standard InChI is InChI=1S/C24H28N2O3/c1-4-5-12-29-21-8-6-18(7-9-21)23(27)25-11-10-19-15-20-13-16(2)17(3)14-22(20)26-24(19)28/h6-9,13-15,19H,4-5,10-12H2,1-3H3,(H,25,27). The number of carbonyl (C=O) groups is 2. The minimum absolute atomic E-state index is 0.149. The predicted molar refractivity (Wildman–Crippen MR) is 113 cm³/mol. The highest BCUT2D eigenvalue weighted by atomic mass is 16.5. The van der Waals surface area contributed by atoms with Crippen LogP contribution in [0.5, 0.6) is 5.75 Å². The average molecular weight is 392 g/mol. The Morgan fingerprint density at radius 1 is 1.14 bits per heavy atom. The van der Waals surface area contributed by atoms with Gasteiger partial charge in [0.05, 0.1) is 17.9 Å². The Bertz CT molecular complexity index is 1010. The van der Waals surface area contributed by atoms with Crippen molar-refractivity contribution in [3.8, 4) is 5.75 Å². The van der Waals surface area contributed by atoms with Gasteiger partial charge in [0.15, 0.2) is 0 Å². The van der Waals surface area contributed by atoms with E-state index in [4.69, 9.17) is 4.74 Å². The Morgan fingerprint density at radius 2 is 1.86 bits per heavy atom. The quantitative estimate of drug-likeness (QED) is 0.703. The highest BCUT2D eigenvalue weighted by Gasteiger charge is 2.19. The van der Waals surface area contributed by atoms with E-state index >= 15 is 0 Å². The number of hydrogen-bond donors (Lipinski definition) is 1. The summed E-state index contributed by atoms with van der Waals surface area (Å²) < 4.78 is 5.61. The summed E-state index contributed by atoms with van der Waals surface area (Å²) in [6, 6.07) is 11.1. The van der Waals surface area contributed by atoms with Gasteiger partial charge in [-0.15, -0.1) is 0 Å². The van der Waals surface area contributed by atoms with Gasteiger partial charge in [0.1, 0.15) is 5.75 Å². The van der Waals surface area contributed by atoms with Crippen LogP contribution in [-0.2, 0) is 4.79 Å². The van der Waals surface area contributed by atoms with Gasteiger partial charge in [-0.05, 0) is 79.4 Å². The molecule has 29 heavy (non-hydrogen) atoms. The molecule has 0 saturated heterocycles. The second-order valence-corrected chi connectivity index (χ2v) is 7.49. The Kier molecular flexibility index (Phi) is 6.81. The lowest BCUT2D eigenvalue weighted by molar-refractivity contribution is -0.120. The topological polar surface area (TPSA) is 67.8 Å². The minimum Gasteiger partial charge on any atom is -0.494 e. The number of amides is 2. The maximum absolute atomic E-state index is 12.3. The van der Waals surface area contributed by atoms with Gasteiger partial charge in [-0.1, -0.05) is 19.4 Å². The van der Waals surface area contributed by atoms with E-state index in [1.807, 2.05) is 31.2 Å². The second kappa shape index (κ2) is 9.50. The van der Waals surface area contributed by atoms with E-state index in [0.717, 1.165) is 34.7 Å². The fraction of sp³-hybridized carbons (Fsp3) is 0.375. The first-order valence-corrected chi connectivity index (χ1v) is 10.2. The van der Waals surface area contributed by atoms with Gasteiger partial charge in [-0.25, -0.2) is 4.99 Å². The van der Waals surface area contributed by atoms with Crippen molar-refractivity contribution in [2.24, 2.45) is 10.9 Å². The number of unbranched alkanes of at least 4 members (excludes halogenated alkanes) is 1. The Hall–Kier alpha value is -2.95. The maximum Gasteiger partial charge on any atom is 0.253 e. The minimum atomic E-state index is -0.306. The average Bonchev–Trinajstić information content (AvgIpc) is 2.70. The van der Waals surface area contributed by atoms with Crippen molar-refractivity contribution in [2.75, 3.05) is 13.2 Å². The monoisotopic (exact) mass is 392 g/mol. The van der Waals surface area contributed by atoms with E-state index in [1.165, 1.54) is 5.56 Å². The highest BCUT2D eigenvalue weighted by molar-refractivity contribution is 5.94. The SMILES string of the molecule is CCCCOc1ccc(C(=O)NCCC2C=c3cc(C)c(C)cc3=NC2=O)cc1. The van der Waals surface area contributed by atoms with Crippen molar-refractivity contribution in [3.05, 3.63) is 63.7 Å². The Labute approximate surface area is 171 Å². The lowest BCUT2D eigenvalue weighted by Gasteiger charge is -2.14. The molecule has 0 radical (unpaired) electrons. The van der Waals surface area contributed by atoms with Crippen LogP contribution in [0.1, 0.15) is 47.7 Å². The molecule has 1 aliphatic rings. The van der Waals surface area contributed by atoms with Crippen molar-refractivity contribution in [1.82, 2.24) is 5.32 Å². The van der Waals surface area contributed by atoms with Crippen LogP contribution < -0.4 is 20.6 Å². The Morgan fingerprint density at radius 3 is 2.59 bits per heavy atom. The molecule has 0 saturated carbocycles. The summed E-state index contributed by atoms with van der Waals surface area (Å²) in [7, 11) is 0. The molecule has 1 aliphatic heterocycles. The van der Waals surface area contributed by atoms with E-state index in [1.54, 1.807) is 12.1 Å². The molecule has 0 aromatic heterocycles. The first-order valence-electron chi connectivity index (χ1n) is 10.2. The van der Waals surface area contributed by atoms with Gasteiger partial charge in [-0.2, -0.15) is 0 Å². The summed E-state index contributed by atoms with van der Waals surface area (Å²) in [5, 5.41) is 4.61. The molecule has 5 heteroatoms. The number of rotatable bonds is 8. The van der Waals surface area contributed by atoms with E-state index < -0.39 is 0 Å². The number of nitrogens with one attached hydrogen (secondary N) is 1. The zero-order valence-electron chi connectivity index (χ0n) is 17.3. The third-order valence-corrected chi connectivity index (χ3v) is 5.20. The number of nitrogens with zero attached hydrogens (tertiary/aromatic N) is 1. The highest BCUT2D eigenvalue weighted by Crippen LogP contribution is 2.13. The van der Waals surface area contributed by atoms with Gasteiger partial charge < -0.3 is 10.1 Å². The Balaban J connectivity index is 1.55. The summed E-state index contributed by atoms with van der Waals surface area (Å²) in [6.45, 7) is 7.28. The molecule has 1 atom stereocenters. The number of benzene rings is 2. The van der Waals surface area contributed by atoms with Crippen molar-refractivity contribution < 1.29 is 14.3 Å². The molecule has 5 nitrogen and oxygen atoms in total. The molecule has 1 heterocycles. The summed E-state index contributed by atoms with van der Waals surface area (Å²) in [6.07, 6.45) is 4.58. The van der Waals surface area contributed by atoms with Gasteiger partial charge in [0, 0.05) is 12.1 Å². The van der Waals surface area contributed by atoms with E-state index in [2.05, 4.69) is 30.2 Å². The van der Waals surface area contributed by atoms with Crippen LogP contribution in [0, 0.1) is 19.8 Å². The summed E-state index contributed by atoms with van der Waals surface area (Å²) >= 11 is 0. The lowest BCUT2D eigenvalue weighted by Crippen LogP contribution is -2.36. The second-order valence-electron chi connectivity index (χ2n) is 7.49. The molecule has 1 unspecified atom stereocenters. The van der Waals surface area contributed by atoms with Crippen LogP contribution in [0.2, 0.25) is 0 Å². The van der Waals surface area contributed by atoms with E-state index in [9.17, 15) is 9.59 Å². The molecular formula is C24H28N2O3. The molecule has 0 spiro atoms. The van der Waals surface area contributed by atoms with Crippen LogP contribution in [0.25, 0.3) is 6.08 Å². The molecular weight excluding hydrogens is 364 g/mol. The zero-order chi connectivity index (χ0) is 20.8. The fourth-order valence-corrected chi connectivity index (χ4v) is 3.23. The van der Waals surface area contributed by atoms with Crippen molar-refractivity contribution in [3.63, 3.8) is 0 Å². The lowest BCUT2D eigenvalue weighted by atomic mass is 9.98. The molecule has 0 bridgehead atoms. The van der Waals surface area contributed by atoms with Crippen LogP contribution in [0.15, 0.2) is 41.4 Å². The number of carbonyl (C=O) groups excluding carboxylic acids is 2. The largest absolute Gasteiger partial charge is 0.494 e. The van der Waals surface area contributed by atoms with E-state index in [-0.39, 0.29) is 17.7 Å². The van der Waals surface area contributed by atoms with Gasteiger partial charge in [0.25, 0.3) is 11.8 Å². The van der Waals surface area contributed by atoms with Crippen molar-refractivity contribution >= 4 is 17.9 Å². The van der Waals surface area contributed by atoms with Crippen LogP contribution >= 0.6 is 0 Å². The van der Waals surface area contributed by atoms with Crippen LogP contribution in [-0.4, -0.2) is 25.0 Å². The molecule has 3 rings (SSSR count). The molecule has 1 N–H and O–H groups in total. The molecule has 2 aromatic rings. The molecule has 0 aliphatic carbocycles. The number of hydrogen-bond acceptors (Lipinski definition) is 3. The van der Waals surface area contributed by atoms with E-state index in [0.29, 0.717) is 25.1 Å². The molecule has 2 amide bonds. The third kappa shape index (κ3) is 5.31. The summed E-state index contributed by atoms with van der Waals surface area (Å²) in [5.41, 5.74) is 2.88. The first kappa shape index (κ1) is 20.8. The number of aryl methyl sites for hydroxylation is 2. The maximum atomic E-state index is 12.3. The number of fused-ring (bicyclic) bond motifs is 1. The van der Waals surface area contributed by atoms with Gasteiger partial charge in [0.2, 0.25) is 0 Å². The smallest absolute Gasteiger partial charge is 0.253 e. The van der Waals surface area contributed by atoms with Gasteiger partial charge >= 0.3 is 0 Å². The first-order chi connectivity index (χ1) is 14.0. The molecule has 2 aromatic carbocycles. The fourth-order valence-electron chi connectivity index (χ4n) is 3.23. The molecule has 152 valence electrons. The predicted octanol–water partition coefficient (Wildman–Crippen LogP) is 2.86. The van der Waals surface area contributed by atoms with Gasteiger partial charge in [-0.3, -0.25) is 9.59 Å². The third-order valence-electron chi connectivity index (χ3n) is 5.20. The zero-order valence-corrected chi connectivity index (χ0v) is 17.3. The van der Waals surface area contributed by atoms with Crippen molar-refractivity contribution in [2.45, 2.75) is 40.0 Å². The number of ether oxygens (including phenoxy) is 1. The van der Waals surface area contributed by atoms with Crippen LogP contribution in [0.3, 0.4) is 0 Å². The van der Waals surface area contributed by atoms with Crippen molar-refractivity contribution in [1.29, 1.82) is 0 Å². The normalized spacial score (nSPS) is 15.1. The summed E-state index contributed by atoms with van der Waals surface area (Å²) in [5.74, 6) is 0.156. The molecule has 0 fully saturated rings.